The molecule has 3 aromatic carbocycles. The number of allylic oxidation sites excluding steroid dienone is 1. The maximum atomic E-state index is 12.7. The minimum Gasteiger partial charge on any atom is -0.503 e. The first-order chi connectivity index (χ1) is 17.0. The SMILES string of the molecule is CCOc1ccc(/C=C/C(=O)c2cccc(OCc3ccccc3/C(=C\OC)C(=O)OC)c2)cc1. The van der Waals surface area contributed by atoms with Gasteiger partial charge in [0.05, 0.1) is 27.1 Å². The molecule has 180 valence electrons. The lowest BCUT2D eigenvalue weighted by Gasteiger charge is -2.13. The summed E-state index contributed by atoms with van der Waals surface area (Å²) >= 11 is 0. The van der Waals surface area contributed by atoms with E-state index in [1.807, 2.05) is 49.4 Å². The Bertz CT molecular complexity index is 1210. The van der Waals surface area contributed by atoms with Crippen LogP contribution in [-0.2, 0) is 20.9 Å². The fourth-order valence-corrected chi connectivity index (χ4v) is 3.37. The molecule has 6 nitrogen and oxygen atoms in total. The van der Waals surface area contributed by atoms with Gasteiger partial charge < -0.3 is 18.9 Å². The molecule has 0 heterocycles. The van der Waals surface area contributed by atoms with E-state index in [2.05, 4.69) is 0 Å². The highest BCUT2D eigenvalue weighted by Gasteiger charge is 2.17. The number of carbonyl (C=O) groups is 2. The normalized spacial score (nSPS) is 11.2. The number of ketones is 1. The quantitative estimate of drug-likeness (QED) is 0.154. The molecule has 0 spiro atoms. The Hall–Kier alpha value is -4.32. The van der Waals surface area contributed by atoms with Gasteiger partial charge in [0.2, 0.25) is 0 Å². The Morgan fingerprint density at radius 2 is 1.63 bits per heavy atom. The second-order valence-electron chi connectivity index (χ2n) is 7.43. The Morgan fingerprint density at radius 1 is 0.857 bits per heavy atom. The summed E-state index contributed by atoms with van der Waals surface area (Å²) in [5.74, 6) is 0.682. The van der Waals surface area contributed by atoms with Crippen molar-refractivity contribution in [3.63, 3.8) is 0 Å². The van der Waals surface area contributed by atoms with Gasteiger partial charge >= 0.3 is 5.97 Å². The largest absolute Gasteiger partial charge is 0.503 e. The van der Waals surface area contributed by atoms with Crippen LogP contribution in [0, 0.1) is 0 Å². The predicted octanol–water partition coefficient (Wildman–Crippen LogP) is 5.72. The number of methoxy groups -OCH3 is 2. The van der Waals surface area contributed by atoms with E-state index < -0.39 is 5.97 Å². The van der Waals surface area contributed by atoms with Gasteiger partial charge in [-0.1, -0.05) is 54.6 Å². The van der Waals surface area contributed by atoms with Crippen LogP contribution in [0.4, 0.5) is 0 Å². The van der Waals surface area contributed by atoms with Crippen molar-refractivity contribution in [3.05, 3.63) is 107 Å². The lowest BCUT2D eigenvalue weighted by molar-refractivity contribution is -0.133. The third kappa shape index (κ3) is 7.08. The third-order valence-electron chi connectivity index (χ3n) is 5.08. The van der Waals surface area contributed by atoms with Crippen molar-refractivity contribution in [3.8, 4) is 11.5 Å². The molecule has 0 unspecified atom stereocenters. The van der Waals surface area contributed by atoms with E-state index in [9.17, 15) is 9.59 Å². The van der Waals surface area contributed by atoms with E-state index in [0.717, 1.165) is 16.9 Å². The zero-order valence-electron chi connectivity index (χ0n) is 20.0. The summed E-state index contributed by atoms with van der Waals surface area (Å²) in [5.41, 5.74) is 3.11. The van der Waals surface area contributed by atoms with E-state index >= 15 is 0 Å². The molecule has 0 aliphatic carbocycles. The number of hydrogen-bond donors (Lipinski definition) is 0. The fraction of sp³-hybridized carbons (Fsp3) is 0.172. The Kier molecular flexibility index (Phi) is 9.25. The zero-order valence-corrected chi connectivity index (χ0v) is 20.0. The average Bonchev–Trinajstić information content (AvgIpc) is 2.90. The molecule has 3 rings (SSSR count). The topological polar surface area (TPSA) is 71.1 Å². The van der Waals surface area contributed by atoms with E-state index in [0.29, 0.717) is 23.5 Å². The zero-order chi connectivity index (χ0) is 25.0. The summed E-state index contributed by atoms with van der Waals surface area (Å²) in [6, 6.07) is 21.8. The van der Waals surface area contributed by atoms with Crippen LogP contribution < -0.4 is 9.47 Å². The van der Waals surface area contributed by atoms with E-state index in [1.54, 1.807) is 36.4 Å². The molecule has 0 aliphatic rings. The molecule has 0 saturated heterocycles. The Balaban J connectivity index is 1.71. The van der Waals surface area contributed by atoms with Crippen molar-refractivity contribution in [2.45, 2.75) is 13.5 Å². The third-order valence-corrected chi connectivity index (χ3v) is 5.08. The summed E-state index contributed by atoms with van der Waals surface area (Å²) in [5, 5.41) is 0. The number of ether oxygens (including phenoxy) is 4. The monoisotopic (exact) mass is 472 g/mol. The van der Waals surface area contributed by atoms with Crippen molar-refractivity contribution in [2.24, 2.45) is 0 Å². The van der Waals surface area contributed by atoms with E-state index in [4.69, 9.17) is 18.9 Å². The van der Waals surface area contributed by atoms with Crippen LogP contribution >= 0.6 is 0 Å². The molecule has 6 heteroatoms. The predicted molar refractivity (Wildman–Crippen MR) is 135 cm³/mol. The van der Waals surface area contributed by atoms with Crippen LogP contribution in [0.1, 0.15) is 34.0 Å². The van der Waals surface area contributed by atoms with Crippen LogP contribution in [0.5, 0.6) is 11.5 Å². The highest BCUT2D eigenvalue weighted by molar-refractivity contribution is 6.16. The van der Waals surface area contributed by atoms with Gasteiger partial charge in [0, 0.05) is 5.56 Å². The van der Waals surface area contributed by atoms with Gasteiger partial charge in [-0.15, -0.1) is 0 Å². The molecule has 0 N–H and O–H groups in total. The van der Waals surface area contributed by atoms with Gasteiger partial charge in [0.15, 0.2) is 5.78 Å². The molecule has 0 saturated carbocycles. The number of hydrogen-bond acceptors (Lipinski definition) is 6. The molecule has 35 heavy (non-hydrogen) atoms. The number of benzene rings is 3. The van der Waals surface area contributed by atoms with E-state index in [-0.39, 0.29) is 18.0 Å². The molecular formula is C29H28O6. The standard InChI is InChI=1S/C29H28O6/c1-4-34-24-15-12-21(13-16-24)14-17-28(30)22-9-7-10-25(18-22)35-19-23-8-5-6-11-26(23)27(20-32-2)29(31)33-3/h5-18,20H,4,19H2,1-3H3/b17-14+,27-20+. The molecule has 0 aromatic heterocycles. The minimum atomic E-state index is -0.508. The summed E-state index contributed by atoms with van der Waals surface area (Å²) in [6.07, 6.45) is 4.64. The number of carbonyl (C=O) groups excluding carboxylic acids is 2. The highest BCUT2D eigenvalue weighted by Crippen LogP contribution is 2.23. The van der Waals surface area contributed by atoms with Crippen LogP contribution in [0.2, 0.25) is 0 Å². The summed E-state index contributed by atoms with van der Waals surface area (Å²) < 4.78 is 21.3. The first kappa shape index (κ1) is 25.3. The van der Waals surface area contributed by atoms with Crippen molar-refractivity contribution < 1.29 is 28.5 Å². The van der Waals surface area contributed by atoms with Crippen molar-refractivity contribution >= 4 is 23.4 Å². The minimum absolute atomic E-state index is 0.138. The van der Waals surface area contributed by atoms with E-state index in [1.165, 1.54) is 26.6 Å². The first-order valence-corrected chi connectivity index (χ1v) is 11.1. The molecule has 3 aromatic rings. The molecular weight excluding hydrogens is 444 g/mol. The van der Waals surface area contributed by atoms with Gasteiger partial charge in [0.25, 0.3) is 0 Å². The molecule has 0 aliphatic heterocycles. The lowest BCUT2D eigenvalue weighted by atomic mass is 10.0. The van der Waals surface area contributed by atoms with Crippen LogP contribution in [0.3, 0.4) is 0 Å². The average molecular weight is 473 g/mol. The highest BCUT2D eigenvalue weighted by atomic mass is 16.5. The van der Waals surface area contributed by atoms with Crippen molar-refractivity contribution in [1.29, 1.82) is 0 Å². The van der Waals surface area contributed by atoms with Gasteiger partial charge in [-0.3, -0.25) is 4.79 Å². The Labute approximate surface area is 205 Å². The smallest absolute Gasteiger partial charge is 0.341 e. The van der Waals surface area contributed by atoms with Gasteiger partial charge in [-0.05, 0) is 54.0 Å². The molecule has 0 amide bonds. The first-order valence-electron chi connectivity index (χ1n) is 11.1. The summed E-state index contributed by atoms with van der Waals surface area (Å²) in [7, 11) is 2.78. The second kappa shape index (κ2) is 12.8. The number of esters is 1. The van der Waals surface area contributed by atoms with Gasteiger partial charge in [-0.2, -0.15) is 0 Å². The number of rotatable bonds is 11. The molecule has 0 atom stereocenters. The maximum Gasteiger partial charge on any atom is 0.341 e. The fourth-order valence-electron chi connectivity index (χ4n) is 3.37. The maximum absolute atomic E-state index is 12.7. The Morgan fingerprint density at radius 3 is 2.34 bits per heavy atom. The summed E-state index contributed by atoms with van der Waals surface area (Å²) in [6.45, 7) is 2.73. The molecule has 0 radical (unpaired) electrons. The van der Waals surface area contributed by atoms with Crippen molar-refractivity contribution in [2.75, 3.05) is 20.8 Å². The lowest BCUT2D eigenvalue weighted by Crippen LogP contribution is -2.08. The van der Waals surface area contributed by atoms with Gasteiger partial charge in [-0.25, -0.2) is 4.79 Å². The molecule has 0 fully saturated rings. The molecule has 0 bridgehead atoms. The second-order valence-corrected chi connectivity index (χ2v) is 7.43. The van der Waals surface area contributed by atoms with Gasteiger partial charge in [0.1, 0.15) is 23.7 Å². The van der Waals surface area contributed by atoms with Crippen LogP contribution in [0.15, 0.2) is 85.1 Å². The van der Waals surface area contributed by atoms with Crippen molar-refractivity contribution in [1.82, 2.24) is 0 Å². The summed E-state index contributed by atoms with van der Waals surface area (Å²) in [4.78, 5) is 24.9. The van der Waals surface area contributed by atoms with Crippen LogP contribution in [-0.4, -0.2) is 32.6 Å². The van der Waals surface area contributed by atoms with Crippen LogP contribution in [0.25, 0.3) is 11.6 Å².